The molecule has 2 rings (SSSR count). The van der Waals surface area contributed by atoms with Gasteiger partial charge in [0, 0.05) is 11.1 Å². The number of halogens is 1. The van der Waals surface area contributed by atoms with E-state index < -0.39 is 0 Å². The van der Waals surface area contributed by atoms with Crippen LogP contribution in [0.5, 0.6) is 5.75 Å². The third-order valence-corrected chi connectivity index (χ3v) is 3.22. The summed E-state index contributed by atoms with van der Waals surface area (Å²) >= 11 is 6.15. The van der Waals surface area contributed by atoms with Crippen molar-refractivity contribution in [2.24, 2.45) is 0 Å². The van der Waals surface area contributed by atoms with Crippen molar-refractivity contribution in [1.82, 2.24) is 0 Å². The van der Waals surface area contributed by atoms with Crippen LogP contribution in [0, 0.1) is 0 Å². The summed E-state index contributed by atoms with van der Waals surface area (Å²) in [5, 5.41) is 0.778. The molecule has 0 bridgehead atoms. The fourth-order valence-electron chi connectivity index (χ4n) is 1.80. The van der Waals surface area contributed by atoms with Gasteiger partial charge in [-0.3, -0.25) is 0 Å². The molecule has 1 aromatic carbocycles. The summed E-state index contributed by atoms with van der Waals surface area (Å²) in [6.45, 7) is 0. The molecule has 2 N–H and O–H groups in total. The Labute approximate surface area is 89.0 Å². The molecule has 0 saturated heterocycles. The molecule has 1 saturated carbocycles. The molecule has 0 heterocycles. The smallest absolute Gasteiger partial charge is 0.143 e. The molecule has 1 fully saturated rings. The third-order valence-electron chi connectivity index (χ3n) is 2.89. The SMILES string of the molecule is COc1cc(Cl)c(C2CCC2)cc1N. The average molecular weight is 212 g/mol. The molecule has 1 aliphatic rings. The Bertz CT molecular complexity index is 347. The second-order valence-corrected chi connectivity index (χ2v) is 4.15. The molecular formula is C11H14ClNO. The van der Waals surface area contributed by atoms with Crippen molar-refractivity contribution < 1.29 is 4.74 Å². The van der Waals surface area contributed by atoms with Crippen LogP contribution in [-0.2, 0) is 0 Å². The van der Waals surface area contributed by atoms with Crippen LogP contribution in [0.2, 0.25) is 5.02 Å². The lowest BCUT2D eigenvalue weighted by Crippen LogP contribution is -2.10. The van der Waals surface area contributed by atoms with Crippen molar-refractivity contribution in [1.29, 1.82) is 0 Å². The van der Waals surface area contributed by atoms with Crippen LogP contribution < -0.4 is 10.5 Å². The summed E-state index contributed by atoms with van der Waals surface area (Å²) in [4.78, 5) is 0. The number of anilines is 1. The number of ether oxygens (including phenoxy) is 1. The maximum atomic E-state index is 6.15. The number of nitrogens with two attached hydrogens (primary N) is 1. The van der Waals surface area contributed by atoms with Gasteiger partial charge in [-0.25, -0.2) is 0 Å². The molecule has 1 aromatic rings. The molecule has 2 nitrogen and oxygen atoms in total. The van der Waals surface area contributed by atoms with Crippen LogP contribution in [0.3, 0.4) is 0 Å². The van der Waals surface area contributed by atoms with Crippen molar-refractivity contribution in [2.75, 3.05) is 12.8 Å². The third kappa shape index (κ3) is 1.55. The molecule has 0 amide bonds. The van der Waals surface area contributed by atoms with Crippen LogP contribution in [-0.4, -0.2) is 7.11 Å². The van der Waals surface area contributed by atoms with Crippen LogP contribution in [0.4, 0.5) is 5.69 Å². The quantitative estimate of drug-likeness (QED) is 0.763. The summed E-state index contributed by atoms with van der Waals surface area (Å²) in [6.07, 6.45) is 3.75. The van der Waals surface area contributed by atoms with Gasteiger partial charge in [-0.05, 0) is 30.4 Å². The number of hydrogen-bond acceptors (Lipinski definition) is 2. The van der Waals surface area contributed by atoms with Gasteiger partial charge < -0.3 is 10.5 Å². The zero-order valence-electron chi connectivity index (χ0n) is 8.22. The van der Waals surface area contributed by atoms with Gasteiger partial charge in [-0.2, -0.15) is 0 Å². The van der Waals surface area contributed by atoms with Gasteiger partial charge in [0.15, 0.2) is 0 Å². The van der Waals surface area contributed by atoms with Gasteiger partial charge in [-0.15, -0.1) is 0 Å². The summed E-state index contributed by atoms with van der Waals surface area (Å²) < 4.78 is 5.10. The maximum Gasteiger partial charge on any atom is 0.143 e. The Hall–Kier alpha value is -0.890. The molecule has 0 spiro atoms. The topological polar surface area (TPSA) is 35.2 Å². The van der Waals surface area contributed by atoms with Crippen LogP contribution in [0.25, 0.3) is 0 Å². The van der Waals surface area contributed by atoms with E-state index in [-0.39, 0.29) is 0 Å². The summed E-state index contributed by atoms with van der Waals surface area (Å²) in [7, 11) is 1.60. The van der Waals surface area contributed by atoms with Gasteiger partial charge in [0.1, 0.15) is 5.75 Å². The van der Waals surface area contributed by atoms with Gasteiger partial charge >= 0.3 is 0 Å². The molecule has 0 unspecified atom stereocenters. The van der Waals surface area contributed by atoms with Crippen molar-refractivity contribution in [3.63, 3.8) is 0 Å². The Kier molecular flexibility index (Phi) is 2.55. The monoisotopic (exact) mass is 211 g/mol. The predicted molar refractivity (Wildman–Crippen MR) is 59.0 cm³/mol. The molecule has 76 valence electrons. The lowest BCUT2D eigenvalue weighted by atomic mass is 9.80. The molecule has 0 radical (unpaired) electrons. The van der Waals surface area contributed by atoms with E-state index in [0.29, 0.717) is 17.4 Å². The number of nitrogen functional groups attached to an aromatic ring is 1. The highest BCUT2D eigenvalue weighted by Crippen LogP contribution is 2.42. The summed E-state index contributed by atoms with van der Waals surface area (Å²) in [5.41, 5.74) is 7.69. The largest absolute Gasteiger partial charge is 0.495 e. The minimum atomic E-state index is 0.607. The fourth-order valence-corrected chi connectivity index (χ4v) is 2.11. The summed E-state index contributed by atoms with van der Waals surface area (Å²) in [5.74, 6) is 1.27. The van der Waals surface area contributed by atoms with E-state index in [2.05, 4.69) is 0 Å². The van der Waals surface area contributed by atoms with E-state index in [0.717, 1.165) is 5.02 Å². The van der Waals surface area contributed by atoms with Crippen LogP contribution in [0.15, 0.2) is 12.1 Å². The Morgan fingerprint density at radius 1 is 1.43 bits per heavy atom. The minimum Gasteiger partial charge on any atom is -0.495 e. The zero-order chi connectivity index (χ0) is 10.1. The van der Waals surface area contributed by atoms with Gasteiger partial charge in [0.25, 0.3) is 0 Å². The van der Waals surface area contributed by atoms with Crippen molar-refractivity contribution >= 4 is 17.3 Å². The van der Waals surface area contributed by atoms with E-state index in [9.17, 15) is 0 Å². The number of methoxy groups -OCH3 is 1. The first-order valence-corrected chi connectivity index (χ1v) is 5.23. The van der Waals surface area contributed by atoms with Crippen LogP contribution in [0.1, 0.15) is 30.7 Å². The number of rotatable bonds is 2. The van der Waals surface area contributed by atoms with E-state index in [1.165, 1.54) is 24.8 Å². The van der Waals surface area contributed by atoms with Crippen molar-refractivity contribution in [3.8, 4) is 5.75 Å². The maximum absolute atomic E-state index is 6.15. The summed E-state index contributed by atoms with van der Waals surface area (Å²) in [6, 6.07) is 3.76. The standard InChI is InChI=1S/C11H14ClNO/c1-14-11-6-9(12)8(5-10(11)13)7-3-2-4-7/h5-7H,2-4,13H2,1H3. The first-order valence-electron chi connectivity index (χ1n) is 4.85. The van der Waals surface area contributed by atoms with E-state index in [4.69, 9.17) is 22.1 Å². The second kappa shape index (κ2) is 3.70. The normalized spacial score (nSPS) is 16.4. The second-order valence-electron chi connectivity index (χ2n) is 3.74. The number of hydrogen-bond donors (Lipinski definition) is 1. The molecule has 14 heavy (non-hydrogen) atoms. The van der Waals surface area contributed by atoms with Gasteiger partial charge in [0.2, 0.25) is 0 Å². The highest BCUT2D eigenvalue weighted by atomic mass is 35.5. The van der Waals surface area contributed by atoms with E-state index in [1.807, 2.05) is 12.1 Å². The van der Waals surface area contributed by atoms with Crippen molar-refractivity contribution in [3.05, 3.63) is 22.7 Å². The predicted octanol–water partition coefficient (Wildman–Crippen LogP) is 3.20. The molecule has 1 aliphatic carbocycles. The first-order chi connectivity index (χ1) is 6.72. The minimum absolute atomic E-state index is 0.607. The molecule has 0 atom stereocenters. The lowest BCUT2D eigenvalue weighted by Gasteiger charge is -2.27. The van der Waals surface area contributed by atoms with Crippen molar-refractivity contribution in [2.45, 2.75) is 25.2 Å². The molecule has 0 aliphatic heterocycles. The zero-order valence-corrected chi connectivity index (χ0v) is 8.97. The fraction of sp³-hybridized carbons (Fsp3) is 0.455. The molecule has 0 aromatic heterocycles. The highest BCUT2D eigenvalue weighted by Gasteiger charge is 2.22. The number of benzene rings is 1. The Balaban J connectivity index is 2.36. The highest BCUT2D eigenvalue weighted by molar-refractivity contribution is 6.31. The molecular weight excluding hydrogens is 198 g/mol. The van der Waals surface area contributed by atoms with Gasteiger partial charge in [-0.1, -0.05) is 18.0 Å². The van der Waals surface area contributed by atoms with Crippen LogP contribution >= 0.6 is 11.6 Å². The van der Waals surface area contributed by atoms with Gasteiger partial charge in [0.05, 0.1) is 12.8 Å². The Morgan fingerprint density at radius 3 is 2.64 bits per heavy atom. The Morgan fingerprint density at radius 2 is 2.14 bits per heavy atom. The van der Waals surface area contributed by atoms with E-state index in [1.54, 1.807) is 7.11 Å². The van der Waals surface area contributed by atoms with E-state index >= 15 is 0 Å². The molecule has 3 heteroatoms. The average Bonchev–Trinajstić information content (AvgIpc) is 2.08. The first kappa shape index (κ1) is 9.66. The lowest BCUT2D eigenvalue weighted by molar-refractivity contribution is 0.410.